The van der Waals surface area contributed by atoms with Crippen LogP contribution in [0.3, 0.4) is 0 Å². The summed E-state index contributed by atoms with van der Waals surface area (Å²) in [5.74, 6) is -3.46. The van der Waals surface area contributed by atoms with E-state index in [-0.39, 0.29) is 51.4 Å². The van der Waals surface area contributed by atoms with Gasteiger partial charge in [-0.2, -0.15) is 5.26 Å². The van der Waals surface area contributed by atoms with Crippen molar-refractivity contribution in [2.75, 3.05) is 24.5 Å². The summed E-state index contributed by atoms with van der Waals surface area (Å²) >= 11 is 12.1. The third-order valence-electron chi connectivity index (χ3n) is 7.58. The minimum atomic E-state index is -1.20. The van der Waals surface area contributed by atoms with Crippen LogP contribution in [-0.4, -0.2) is 47.5 Å². The van der Waals surface area contributed by atoms with Crippen LogP contribution in [-0.2, 0) is 6.54 Å². The first-order valence-corrected chi connectivity index (χ1v) is 14.1. The molecule has 2 aromatic carbocycles. The smallest absolute Gasteiger partial charge is 0.254 e. The van der Waals surface area contributed by atoms with Crippen LogP contribution in [0, 0.1) is 35.7 Å². The summed E-state index contributed by atoms with van der Waals surface area (Å²) in [6.07, 6.45) is 4.67. The summed E-state index contributed by atoms with van der Waals surface area (Å²) in [5.41, 5.74) is 0.894. The highest BCUT2D eigenvalue weighted by Gasteiger charge is 2.30. The van der Waals surface area contributed by atoms with Gasteiger partial charge in [0.15, 0.2) is 11.6 Å². The molecule has 41 heavy (non-hydrogen) atoms. The van der Waals surface area contributed by atoms with Crippen LogP contribution < -0.4 is 10.2 Å². The maximum absolute atomic E-state index is 15.2. The van der Waals surface area contributed by atoms with Crippen LogP contribution in [0.5, 0.6) is 0 Å². The van der Waals surface area contributed by atoms with Gasteiger partial charge in [0.25, 0.3) is 5.91 Å². The van der Waals surface area contributed by atoms with Crippen molar-refractivity contribution in [3.63, 3.8) is 0 Å². The van der Waals surface area contributed by atoms with E-state index in [0.29, 0.717) is 44.5 Å². The van der Waals surface area contributed by atoms with Crippen molar-refractivity contribution >= 4 is 34.8 Å². The predicted octanol–water partition coefficient (Wildman–Crippen LogP) is 6.67. The first-order chi connectivity index (χ1) is 19.6. The Kier molecular flexibility index (Phi) is 10.1. The summed E-state index contributed by atoms with van der Waals surface area (Å²) in [6.45, 7) is 5.23. The minimum Gasteiger partial charge on any atom is -0.362 e. The number of carbonyl (C=O) groups is 1. The number of hydrogen-bond acceptors (Lipinski definition) is 5. The molecular weight excluding hydrogens is 574 g/mol. The van der Waals surface area contributed by atoms with Gasteiger partial charge >= 0.3 is 0 Å². The van der Waals surface area contributed by atoms with Gasteiger partial charge in [-0.05, 0) is 50.8 Å². The fourth-order valence-corrected chi connectivity index (χ4v) is 5.70. The standard InChI is InChI=1S/C30H30Cl2F3N5O/c1-18(6-9-38-30(41)27-23(31)15-37-16-24(27)32)39-10-7-22(8-11-39)40(17-21-5-3-4-20(12-21)14-36)26-13-25(33)19(2)28(34)29(26)35/h3-5,12-13,15-16,18,22H,6-11,17H2,1-2H3,(H,38,41). The van der Waals surface area contributed by atoms with E-state index in [0.717, 1.165) is 11.6 Å². The summed E-state index contributed by atoms with van der Waals surface area (Å²) in [5, 5.41) is 12.5. The van der Waals surface area contributed by atoms with Gasteiger partial charge in [-0.3, -0.25) is 9.78 Å². The van der Waals surface area contributed by atoms with Crippen LogP contribution in [0.1, 0.15) is 53.2 Å². The van der Waals surface area contributed by atoms with Crippen LogP contribution in [0.15, 0.2) is 42.7 Å². The average Bonchev–Trinajstić information content (AvgIpc) is 2.97. The lowest BCUT2D eigenvalue weighted by Gasteiger charge is -2.42. The number of benzene rings is 2. The Morgan fingerprint density at radius 1 is 1.17 bits per heavy atom. The Bertz CT molecular complexity index is 1440. The number of likely N-dealkylation sites (tertiary alicyclic amines) is 1. The average molecular weight is 605 g/mol. The quantitative estimate of drug-likeness (QED) is 0.277. The lowest BCUT2D eigenvalue weighted by atomic mass is 9.98. The van der Waals surface area contributed by atoms with Gasteiger partial charge in [0.05, 0.1) is 32.9 Å². The molecular formula is C30H30Cl2F3N5O. The summed E-state index contributed by atoms with van der Waals surface area (Å²) in [4.78, 5) is 20.4. The van der Waals surface area contributed by atoms with E-state index < -0.39 is 17.5 Å². The van der Waals surface area contributed by atoms with Gasteiger partial charge in [-0.25, -0.2) is 13.2 Å². The fraction of sp³-hybridized carbons (Fsp3) is 0.367. The largest absolute Gasteiger partial charge is 0.362 e. The van der Waals surface area contributed by atoms with E-state index in [2.05, 4.69) is 28.2 Å². The van der Waals surface area contributed by atoms with Gasteiger partial charge < -0.3 is 15.1 Å². The molecule has 0 saturated carbocycles. The third-order valence-corrected chi connectivity index (χ3v) is 8.15. The molecule has 1 unspecified atom stereocenters. The molecule has 4 rings (SSSR count). The number of nitrogens with one attached hydrogen (secondary N) is 1. The highest BCUT2D eigenvalue weighted by molar-refractivity contribution is 6.39. The van der Waals surface area contributed by atoms with Crippen molar-refractivity contribution in [3.8, 4) is 6.07 Å². The van der Waals surface area contributed by atoms with Crippen molar-refractivity contribution < 1.29 is 18.0 Å². The fourth-order valence-electron chi connectivity index (χ4n) is 5.16. The van der Waals surface area contributed by atoms with Crippen molar-refractivity contribution in [2.45, 2.75) is 51.7 Å². The monoisotopic (exact) mass is 603 g/mol. The molecule has 216 valence electrons. The van der Waals surface area contributed by atoms with Crippen LogP contribution in [0.25, 0.3) is 0 Å². The zero-order valence-electron chi connectivity index (χ0n) is 22.7. The molecule has 1 saturated heterocycles. The molecule has 1 amide bonds. The number of nitrogens with zero attached hydrogens (tertiary/aromatic N) is 4. The van der Waals surface area contributed by atoms with Crippen molar-refractivity contribution in [1.29, 1.82) is 5.26 Å². The number of aromatic nitrogens is 1. The Morgan fingerprint density at radius 3 is 2.51 bits per heavy atom. The molecule has 3 aromatic rings. The SMILES string of the molecule is Cc1c(F)cc(N(Cc2cccc(C#N)c2)C2CCN(C(C)CCNC(=O)c3c(Cl)cncc3Cl)CC2)c(F)c1F. The zero-order valence-corrected chi connectivity index (χ0v) is 24.2. The zero-order chi connectivity index (χ0) is 29.7. The molecule has 0 bridgehead atoms. The van der Waals surface area contributed by atoms with Crippen molar-refractivity contribution in [1.82, 2.24) is 15.2 Å². The Morgan fingerprint density at radius 2 is 1.85 bits per heavy atom. The van der Waals surface area contributed by atoms with E-state index in [1.165, 1.54) is 19.3 Å². The van der Waals surface area contributed by atoms with E-state index in [1.807, 2.05) is 6.07 Å². The second-order valence-electron chi connectivity index (χ2n) is 10.2. The van der Waals surface area contributed by atoms with Crippen LogP contribution >= 0.6 is 23.2 Å². The van der Waals surface area contributed by atoms with Gasteiger partial charge in [0.2, 0.25) is 0 Å². The topological polar surface area (TPSA) is 72.3 Å². The number of hydrogen-bond donors (Lipinski definition) is 1. The lowest BCUT2D eigenvalue weighted by Crippen LogP contribution is -2.48. The minimum absolute atomic E-state index is 0.129. The van der Waals surface area contributed by atoms with E-state index in [9.17, 15) is 18.8 Å². The molecule has 1 fully saturated rings. The van der Waals surface area contributed by atoms with Gasteiger partial charge in [-0.1, -0.05) is 35.3 Å². The molecule has 1 aliphatic rings. The molecule has 6 nitrogen and oxygen atoms in total. The number of nitriles is 1. The Balaban J connectivity index is 1.43. The first-order valence-electron chi connectivity index (χ1n) is 13.3. The molecule has 1 N–H and O–H groups in total. The van der Waals surface area contributed by atoms with Crippen LogP contribution in [0.2, 0.25) is 10.0 Å². The molecule has 1 aliphatic heterocycles. The molecule has 11 heteroatoms. The second-order valence-corrected chi connectivity index (χ2v) is 11.0. The Labute approximate surface area is 247 Å². The third kappa shape index (κ3) is 7.13. The molecule has 1 aromatic heterocycles. The van der Waals surface area contributed by atoms with E-state index >= 15 is 4.39 Å². The maximum atomic E-state index is 15.2. The highest BCUT2D eigenvalue weighted by atomic mass is 35.5. The maximum Gasteiger partial charge on any atom is 0.254 e. The van der Waals surface area contributed by atoms with E-state index in [1.54, 1.807) is 23.1 Å². The van der Waals surface area contributed by atoms with E-state index in [4.69, 9.17) is 23.2 Å². The number of halogens is 5. The van der Waals surface area contributed by atoms with Crippen molar-refractivity contribution in [2.24, 2.45) is 0 Å². The molecule has 1 atom stereocenters. The van der Waals surface area contributed by atoms with Gasteiger partial charge in [-0.15, -0.1) is 0 Å². The lowest BCUT2D eigenvalue weighted by molar-refractivity contribution is 0.0945. The number of piperidine rings is 1. The number of rotatable bonds is 9. The summed E-state index contributed by atoms with van der Waals surface area (Å²) in [7, 11) is 0. The first kappa shape index (κ1) is 30.6. The van der Waals surface area contributed by atoms with Gasteiger partial charge in [0, 0.05) is 62.3 Å². The highest BCUT2D eigenvalue weighted by Crippen LogP contribution is 2.32. The Hall–Kier alpha value is -3.32. The second kappa shape index (κ2) is 13.6. The van der Waals surface area contributed by atoms with Crippen molar-refractivity contribution in [3.05, 3.63) is 92.5 Å². The summed E-state index contributed by atoms with van der Waals surface area (Å²) < 4.78 is 44.3. The number of anilines is 1. The summed E-state index contributed by atoms with van der Waals surface area (Å²) in [6, 6.07) is 10.0. The number of amides is 1. The molecule has 0 spiro atoms. The van der Waals surface area contributed by atoms with Gasteiger partial charge in [0.1, 0.15) is 5.82 Å². The predicted molar refractivity (Wildman–Crippen MR) is 154 cm³/mol. The van der Waals surface area contributed by atoms with Crippen LogP contribution in [0.4, 0.5) is 18.9 Å². The molecule has 0 radical (unpaired) electrons. The number of carbonyl (C=O) groups excluding carboxylic acids is 1. The molecule has 0 aliphatic carbocycles. The molecule has 2 heterocycles. The number of pyridine rings is 1. The normalized spacial score (nSPS) is 14.9.